The minimum absolute atomic E-state index is 0.321. The summed E-state index contributed by atoms with van der Waals surface area (Å²) in [4.78, 5) is 9.68. The van der Waals surface area contributed by atoms with Gasteiger partial charge in [0.1, 0.15) is 5.82 Å². The number of halogens is 1. The van der Waals surface area contributed by atoms with Crippen LogP contribution in [0.4, 0.5) is 5.82 Å². The van der Waals surface area contributed by atoms with Gasteiger partial charge in [0.2, 0.25) is 5.28 Å². The fraction of sp³-hybridized carbons (Fsp3) is 0.417. The van der Waals surface area contributed by atoms with Gasteiger partial charge in [-0.3, -0.25) is 4.68 Å². The fourth-order valence-electron chi connectivity index (χ4n) is 2.06. The molecule has 0 atom stereocenters. The summed E-state index contributed by atoms with van der Waals surface area (Å²) in [7, 11) is 1.92. The van der Waals surface area contributed by atoms with Gasteiger partial charge in [-0.05, 0) is 17.7 Å². The molecule has 0 spiro atoms. The van der Waals surface area contributed by atoms with E-state index in [1.807, 2.05) is 24.0 Å². The number of hydrogen-bond donors (Lipinski definition) is 1. The third-order valence-electron chi connectivity index (χ3n) is 2.94. The maximum Gasteiger partial charge on any atom is 0.224 e. The van der Waals surface area contributed by atoms with Gasteiger partial charge < -0.3 is 5.32 Å². The van der Waals surface area contributed by atoms with E-state index in [-0.39, 0.29) is 0 Å². The number of aryl methyl sites for hydroxylation is 2. The average molecular weight is 296 g/mol. The Morgan fingerprint density at radius 1 is 1.47 bits per heavy atom. The molecule has 0 unspecified atom stereocenters. The molecule has 19 heavy (non-hydrogen) atoms. The monoisotopic (exact) mass is 295 g/mol. The molecule has 0 bridgehead atoms. The SMILES string of the molecule is Cn1ccc(CCNc2nc(Cl)nc3c2SCC3)n1. The number of thioether (sulfide) groups is 1. The van der Waals surface area contributed by atoms with Crippen LogP contribution >= 0.6 is 23.4 Å². The Labute approximate surface area is 120 Å². The number of nitrogens with one attached hydrogen (secondary N) is 1. The number of aromatic nitrogens is 4. The molecular weight excluding hydrogens is 282 g/mol. The molecule has 2 aromatic heterocycles. The molecule has 3 rings (SSSR count). The van der Waals surface area contributed by atoms with E-state index >= 15 is 0 Å². The molecule has 1 N–H and O–H groups in total. The molecule has 1 aliphatic heterocycles. The number of anilines is 1. The molecule has 0 amide bonds. The molecule has 0 radical (unpaired) electrons. The highest BCUT2D eigenvalue weighted by Gasteiger charge is 2.19. The molecule has 2 aromatic rings. The Morgan fingerprint density at radius 2 is 2.37 bits per heavy atom. The van der Waals surface area contributed by atoms with E-state index in [0.717, 1.165) is 47.2 Å². The van der Waals surface area contributed by atoms with Gasteiger partial charge in [0, 0.05) is 38.4 Å². The van der Waals surface area contributed by atoms with Crippen molar-refractivity contribution in [2.75, 3.05) is 17.6 Å². The number of nitrogens with zero attached hydrogens (tertiary/aromatic N) is 4. The van der Waals surface area contributed by atoms with Crippen molar-refractivity contribution in [1.29, 1.82) is 0 Å². The highest BCUT2D eigenvalue weighted by Crippen LogP contribution is 2.35. The minimum atomic E-state index is 0.321. The van der Waals surface area contributed by atoms with E-state index in [0.29, 0.717) is 5.28 Å². The van der Waals surface area contributed by atoms with Gasteiger partial charge in [0.05, 0.1) is 16.3 Å². The van der Waals surface area contributed by atoms with E-state index in [1.165, 1.54) is 0 Å². The van der Waals surface area contributed by atoms with Crippen LogP contribution in [0.25, 0.3) is 0 Å². The van der Waals surface area contributed by atoms with Crippen molar-refractivity contribution in [3.63, 3.8) is 0 Å². The fourth-order valence-corrected chi connectivity index (χ4v) is 3.32. The second kappa shape index (κ2) is 5.38. The van der Waals surface area contributed by atoms with Crippen molar-refractivity contribution >= 4 is 29.2 Å². The van der Waals surface area contributed by atoms with E-state index < -0.39 is 0 Å². The number of hydrogen-bond acceptors (Lipinski definition) is 5. The molecule has 1 aliphatic rings. The predicted octanol–water partition coefficient (Wildman–Crippen LogP) is 2.17. The van der Waals surface area contributed by atoms with Crippen LogP contribution in [0.3, 0.4) is 0 Å². The molecule has 7 heteroatoms. The molecular formula is C12H14ClN5S. The largest absolute Gasteiger partial charge is 0.369 e. The average Bonchev–Trinajstić information content (AvgIpc) is 2.98. The van der Waals surface area contributed by atoms with Crippen molar-refractivity contribution < 1.29 is 0 Å². The standard InChI is InChI=1S/C12H14ClN5S/c1-18-6-3-8(17-18)2-5-14-11-10-9(4-7-19-10)15-12(13)16-11/h3,6H,2,4-5,7H2,1H3,(H,14,15,16). The molecule has 0 saturated heterocycles. The van der Waals surface area contributed by atoms with Crippen molar-refractivity contribution in [2.24, 2.45) is 7.05 Å². The summed E-state index contributed by atoms with van der Waals surface area (Å²) in [6, 6.07) is 2.02. The number of rotatable bonds is 4. The second-order valence-electron chi connectivity index (χ2n) is 4.37. The summed E-state index contributed by atoms with van der Waals surface area (Å²) in [6.45, 7) is 0.789. The van der Waals surface area contributed by atoms with Crippen LogP contribution in [0, 0.1) is 0 Å². The first kappa shape index (κ1) is 12.7. The van der Waals surface area contributed by atoms with Crippen molar-refractivity contribution in [3.8, 4) is 0 Å². The van der Waals surface area contributed by atoms with Gasteiger partial charge in [0.25, 0.3) is 0 Å². The molecule has 3 heterocycles. The van der Waals surface area contributed by atoms with Crippen LogP contribution < -0.4 is 5.32 Å². The first-order valence-corrected chi connectivity index (χ1v) is 7.50. The molecule has 5 nitrogen and oxygen atoms in total. The summed E-state index contributed by atoms with van der Waals surface area (Å²) < 4.78 is 1.81. The quantitative estimate of drug-likeness (QED) is 0.876. The Kier molecular flexibility index (Phi) is 3.61. The molecule has 0 aliphatic carbocycles. The van der Waals surface area contributed by atoms with Crippen molar-refractivity contribution in [1.82, 2.24) is 19.7 Å². The van der Waals surface area contributed by atoms with Gasteiger partial charge in [-0.2, -0.15) is 10.1 Å². The Bertz CT molecular complexity index is 598. The third-order valence-corrected chi connectivity index (χ3v) is 4.23. The first-order valence-electron chi connectivity index (χ1n) is 6.14. The Morgan fingerprint density at radius 3 is 3.16 bits per heavy atom. The van der Waals surface area contributed by atoms with E-state index in [1.54, 1.807) is 11.8 Å². The van der Waals surface area contributed by atoms with Gasteiger partial charge in [-0.1, -0.05) is 0 Å². The summed E-state index contributed by atoms with van der Waals surface area (Å²) in [5.74, 6) is 1.91. The molecule has 0 saturated carbocycles. The van der Waals surface area contributed by atoms with Crippen LogP contribution in [0.5, 0.6) is 0 Å². The zero-order valence-corrected chi connectivity index (χ0v) is 12.1. The molecule has 100 valence electrons. The van der Waals surface area contributed by atoms with Crippen LogP contribution in [0.1, 0.15) is 11.4 Å². The lowest BCUT2D eigenvalue weighted by Gasteiger charge is -2.09. The smallest absolute Gasteiger partial charge is 0.224 e. The normalized spacial score (nSPS) is 13.6. The highest BCUT2D eigenvalue weighted by atomic mass is 35.5. The Hall–Kier alpha value is -1.27. The zero-order valence-electron chi connectivity index (χ0n) is 10.6. The summed E-state index contributed by atoms with van der Waals surface area (Å²) in [5.41, 5.74) is 2.13. The van der Waals surface area contributed by atoms with Crippen molar-refractivity contribution in [3.05, 3.63) is 28.9 Å². The lowest BCUT2D eigenvalue weighted by molar-refractivity contribution is 0.741. The first-order chi connectivity index (χ1) is 9.22. The maximum atomic E-state index is 5.94. The summed E-state index contributed by atoms with van der Waals surface area (Å²) in [5, 5.41) is 8.00. The molecule has 0 aromatic carbocycles. The third kappa shape index (κ3) is 2.84. The zero-order chi connectivity index (χ0) is 13.2. The van der Waals surface area contributed by atoms with Gasteiger partial charge >= 0.3 is 0 Å². The van der Waals surface area contributed by atoms with E-state index in [4.69, 9.17) is 11.6 Å². The van der Waals surface area contributed by atoms with Crippen LogP contribution in [-0.4, -0.2) is 32.0 Å². The molecule has 0 fully saturated rings. The van der Waals surface area contributed by atoms with Gasteiger partial charge in [-0.15, -0.1) is 11.8 Å². The lowest BCUT2D eigenvalue weighted by Crippen LogP contribution is -2.09. The maximum absolute atomic E-state index is 5.94. The Balaban J connectivity index is 1.67. The second-order valence-corrected chi connectivity index (χ2v) is 5.82. The lowest BCUT2D eigenvalue weighted by atomic mass is 10.3. The predicted molar refractivity (Wildman–Crippen MR) is 76.9 cm³/mol. The minimum Gasteiger partial charge on any atom is -0.369 e. The van der Waals surface area contributed by atoms with Crippen molar-refractivity contribution in [2.45, 2.75) is 17.7 Å². The van der Waals surface area contributed by atoms with Crippen LogP contribution in [0.2, 0.25) is 5.28 Å². The summed E-state index contributed by atoms with van der Waals surface area (Å²) >= 11 is 7.73. The van der Waals surface area contributed by atoms with Crippen LogP contribution in [-0.2, 0) is 19.9 Å². The van der Waals surface area contributed by atoms with Crippen LogP contribution in [0.15, 0.2) is 17.2 Å². The van der Waals surface area contributed by atoms with E-state index in [2.05, 4.69) is 20.4 Å². The highest BCUT2D eigenvalue weighted by molar-refractivity contribution is 7.99. The number of fused-ring (bicyclic) bond motifs is 1. The van der Waals surface area contributed by atoms with Gasteiger partial charge in [0.15, 0.2) is 0 Å². The summed E-state index contributed by atoms with van der Waals surface area (Å²) in [6.07, 6.45) is 3.78. The van der Waals surface area contributed by atoms with E-state index in [9.17, 15) is 0 Å². The topological polar surface area (TPSA) is 55.6 Å². The van der Waals surface area contributed by atoms with Gasteiger partial charge in [-0.25, -0.2) is 4.98 Å².